The molecule has 130 valence electrons. The summed E-state index contributed by atoms with van der Waals surface area (Å²) in [6.45, 7) is 6.06. The summed E-state index contributed by atoms with van der Waals surface area (Å²) in [6.07, 6.45) is 3.68. The highest BCUT2D eigenvalue weighted by Crippen LogP contribution is 2.30. The molecule has 0 radical (unpaired) electrons. The average Bonchev–Trinajstić information content (AvgIpc) is 3.16. The first-order valence-electron chi connectivity index (χ1n) is 8.51. The van der Waals surface area contributed by atoms with Gasteiger partial charge in [-0.25, -0.2) is 0 Å². The van der Waals surface area contributed by atoms with E-state index < -0.39 is 0 Å². The molecule has 0 saturated carbocycles. The fourth-order valence-electron chi connectivity index (χ4n) is 3.37. The van der Waals surface area contributed by atoms with Crippen molar-refractivity contribution in [1.29, 1.82) is 0 Å². The third kappa shape index (κ3) is 2.71. The molecule has 3 aromatic heterocycles. The number of nitrogens with zero attached hydrogens (tertiary/aromatic N) is 3. The van der Waals surface area contributed by atoms with Gasteiger partial charge in [-0.2, -0.15) is 0 Å². The molecule has 0 spiro atoms. The third-order valence-corrected chi connectivity index (χ3v) is 4.61. The SMILES string of the molecule is CC(=O)c1cn(Cc2ccccc2)c2cc(-c3c(C)noc3C)cnc12. The second-order valence-corrected chi connectivity index (χ2v) is 6.50. The van der Waals surface area contributed by atoms with E-state index in [0.29, 0.717) is 12.1 Å². The van der Waals surface area contributed by atoms with Gasteiger partial charge in [0.15, 0.2) is 5.78 Å². The van der Waals surface area contributed by atoms with Crippen LogP contribution in [0.5, 0.6) is 0 Å². The number of carbonyl (C=O) groups is 1. The van der Waals surface area contributed by atoms with Crippen LogP contribution in [0, 0.1) is 13.8 Å². The Kier molecular flexibility index (Phi) is 3.92. The summed E-state index contributed by atoms with van der Waals surface area (Å²) in [7, 11) is 0. The van der Waals surface area contributed by atoms with Crippen molar-refractivity contribution < 1.29 is 9.32 Å². The summed E-state index contributed by atoms with van der Waals surface area (Å²) >= 11 is 0. The van der Waals surface area contributed by atoms with Crippen LogP contribution in [0.2, 0.25) is 0 Å². The molecule has 4 rings (SSSR count). The summed E-state index contributed by atoms with van der Waals surface area (Å²) in [5.41, 5.74) is 6.19. The number of pyridine rings is 1. The monoisotopic (exact) mass is 345 g/mol. The minimum atomic E-state index is 0.0133. The van der Waals surface area contributed by atoms with Gasteiger partial charge in [-0.15, -0.1) is 0 Å². The maximum Gasteiger partial charge on any atom is 0.163 e. The number of aromatic nitrogens is 3. The first kappa shape index (κ1) is 16.3. The maximum absolute atomic E-state index is 12.1. The zero-order chi connectivity index (χ0) is 18.3. The number of benzene rings is 1. The van der Waals surface area contributed by atoms with Gasteiger partial charge < -0.3 is 9.09 Å². The predicted octanol–water partition coefficient (Wildman–Crippen LogP) is 4.56. The lowest BCUT2D eigenvalue weighted by molar-refractivity contribution is 0.101. The maximum atomic E-state index is 12.1. The molecule has 0 fully saturated rings. The minimum absolute atomic E-state index is 0.0133. The van der Waals surface area contributed by atoms with E-state index >= 15 is 0 Å². The lowest BCUT2D eigenvalue weighted by atomic mass is 10.1. The van der Waals surface area contributed by atoms with Crippen LogP contribution < -0.4 is 0 Å². The van der Waals surface area contributed by atoms with E-state index in [-0.39, 0.29) is 5.78 Å². The zero-order valence-corrected chi connectivity index (χ0v) is 15.0. The Morgan fingerprint density at radius 2 is 1.96 bits per heavy atom. The van der Waals surface area contributed by atoms with Crippen molar-refractivity contribution in [2.75, 3.05) is 0 Å². The highest BCUT2D eigenvalue weighted by atomic mass is 16.5. The van der Waals surface area contributed by atoms with Crippen molar-refractivity contribution in [3.63, 3.8) is 0 Å². The second-order valence-electron chi connectivity index (χ2n) is 6.50. The van der Waals surface area contributed by atoms with Gasteiger partial charge in [-0.05, 0) is 32.4 Å². The number of hydrogen-bond donors (Lipinski definition) is 0. The van der Waals surface area contributed by atoms with Crippen molar-refractivity contribution in [1.82, 2.24) is 14.7 Å². The summed E-state index contributed by atoms with van der Waals surface area (Å²) in [6, 6.07) is 12.2. The fourth-order valence-corrected chi connectivity index (χ4v) is 3.37. The van der Waals surface area contributed by atoms with Crippen LogP contribution in [0.3, 0.4) is 0 Å². The van der Waals surface area contributed by atoms with Crippen molar-refractivity contribution in [2.45, 2.75) is 27.3 Å². The molecule has 26 heavy (non-hydrogen) atoms. The molecule has 0 saturated heterocycles. The molecule has 3 heterocycles. The van der Waals surface area contributed by atoms with Crippen LogP contribution in [0.15, 0.2) is 53.3 Å². The standard InChI is InChI=1S/C21H19N3O2/c1-13-20(15(3)26-23-13)17-9-19-21(22-10-17)18(14(2)25)12-24(19)11-16-7-5-4-6-8-16/h4-10,12H,11H2,1-3H3. The fraction of sp³-hybridized carbons (Fsp3) is 0.190. The predicted molar refractivity (Wildman–Crippen MR) is 100 cm³/mol. The molecule has 0 unspecified atom stereocenters. The topological polar surface area (TPSA) is 60.9 Å². The van der Waals surface area contributed by atoms with Crippen molar-refractivity contribution >= 4 is 16.8 Å². The van der Waals surface area contributed by atoms with E-state index in [2.05, 4.69) is 32.9 Å². The second kappa shape index (κ2) is 6.26. The highest BCUT2D eigenvalue weighted by molar-refractivity contribution is 6.06. The largest absolute Gasteiger partial charge is 0.361 e. The minimum Gasteiger partial charge on any atom is -0.361 e. The van der Waals surface area contributed by atoms with Gasteiger partial charge in [0.2, 0.25) is 0 Å². The van der Waals surface area contributed by atoms with Gasteiger partial charge in [-0.1, -0.05) is 35.5 Å². The summed E-state index contributed by atoms with van der Waals surface area (Å²) in [4.78, 5) is 16.7. The number of ketones is 1. The third-order valence-electron chi connectivity index (χ3n) is 4.61. The summed E-state index contributed by atoms with van der Waals surface area (Å²) < 4.78 is 7.37. The molecule has 0 bridgehead atoms. The first-order valence-corrected chi connectivity index (χ1v) is 8.51. The Bertz CT molecular complexity index is 1090. The molecule has 0 amide bonds. The van der Waals surface area contributed by atoms with Gasteiger partial charge in [0.25, 0.3) is 0 Å². The molecule has 1 aromatic carbocycles. The summed E-state index contributed by atoms with van der Waals surface area (Å²) in [5.74, 6) is 0.774. The van der Waals surface area contributed by atoms with Crippen LogP contribution in [0.25, 0.3) is 22.2 Å². The number of fused-ring (bicyclic) bond motifs is 1. The Balaban J connectivity index is 1.90. The van der Waals surface area contributed by atoms with E-state index in [9.17, 15) is 4.79 Å². The number of rotatable bonds is 4. The van der Waals surface area contributed by atoms with E-state index in [0.717, 1.165) is 33.6 Å². The molecule has 0 atom stereocenters. The molecular formula is C21H19N3O2. The Hall–Kier alpha value is -3.21. The quantitative estimate of drug-likeness (QED) is 0.509. The number of aryl methyl sites for hydroxylation is 2. The van der Waals surface area contributed by atoms with Crippen molar-refractivity contribution in [2.24, 2.45) is 0 Å². The molecule has 0 aliphatic heterocycles. The lowest BCUT2D eigenvalue weighted by Crippen LogP contribution is -1.98. The summed E-state index contributed by atoms with van der Waals surface area (Å²) in [5, 5.41) is 4.03. The van der Waals surface area contributed by atoms with Crippen LogP contribution in [-0.4, -0.2) is 20.5 Å². The van der Waals surface area contributed by atoms with Gasteiger partial charge in [0, 0.05) is 30.1 Å². The van der Waals surface area contributed by atoms with Gasteiger partial charge in [-0.3, -0.25) is 9.78 Å². The first-order chi connectivity index (χ1) is 12.5. The Labute approximate surface area is 151 Å². The van der Waals surface area contributed by atoms with Crippen molar-refractivity contribution in [3.8, 4) is 11.1 Å². The van der Waals surface area contributed by atoms with Gasteiger partial charge >= 0.3 is 0 Å². The zero-order valence-electron chi connectivity index (χ0n) is 15.0. The molecule has 0 aliphatic carbocycles. The van der Waals surface area contributed by atoms with Crippen LogP contribution in [-0.2, 0) is 6.54 Å². The van der Waals surface area contributed by atoms with E-state index in [1.165, 1.54) is 5.56 Å². The lowest BCUT2D eigenvalue weighted by Gasteiger charge is -2.07. The smallest absolute Gasteiger partial charge is 0.163 e. The molecule has 4 aromatic rings. The normalized spacial score (nSPS) is 11.2. The number of hydrogen-bond acceptors (Lipinski definition) is 4. The molecular weight excluding hydrogens is 326 g/mol. The number of carbonyl (C=O) groups excluding carboxylic acids is 1. The van der Waals surface area contributed by atoms with E-state index in [4.69, 9.17) is 4.52 Å². The van der Waals surface area contributed by atoms with Crippen LogP contribution in [0.4, 0.5) is 0 Å². The van der Waals surface area contributed by atoms with Gasteiger partial charge in [0.1, 0.15) is 5.76 Å². The van der Waals surface area contributed by atoms with Crippen molar-refractivity contribution in [3.05, 3.63) is 71.4 Å². The van der Waals surface area contributed by atoms with E-state index in [1.807, 2.05) is 38.2 Å². The molecule has 5 heteroatoms. The van der Waals surface area contributed by atoms with Crippen LogP contribution in [0.1, 0.15) is 34.3 Å². The van der Waals surface area contributed by atoms with Gasteiger partial charge in [0.05, 0.1) is 22.3 Å². The Morgan fingerprint density at radius 1 is 1.19 bits per heavy atom. The number of Topliss-reactive ketones (excluding diaryl/α,β-unsaturated/α-hetero) is 1. The average molecular weight is 345 g/mol. The van der Waals surface area contributed by atoms with E-state index in [1.54, 1.807) is 13.1 Å². The molecule has 0 aliphatic rings. The Morgan fingerprint density at radius 3 is 2.62 bits per heavy atom. The molecule has 5 nitrogen and oxygen atoms in total. The molecule has 0 N–H and O–H groups in total. The van der Waals surface area contributed by atoms with Crippen LogP contribution >= 0.6 is 0 Å². The highest BCUT2D eigenvalue weighted by Gasteiger charge is 2.17.